The van der Waals surface area contributed by atoms with Crippen LogP contribution in [0.4, 0.5) is 0 Å². The van der Waals surface area contributed by atoms with Crippen molar-refractivity contribution in [3.8, 4) is 0 Å². The minimum atomic E-state index is -0.0995. The molecule has 1 amide bonds. The van der Waals surface area contributed by atoms with Gasteiger partial charge in [-0.25, -0.2) is 0 Å². The predicted molar refractivity (Wildman–Crippen MR) is 84.8 cm³/mol. The van der Waals surface area contributed by atoms with Gasteiger partial charge in [0.15, 0.2) is 0 Å². The Bertz CT molecular complexity index is 374. The lowest BCUT2D eigenvalue weighted by Gasteiger charge is -2.48. The number of rotatable bonds is 3. The van der Waals surface area contributed by atoms with Crippen molar-refractivity contribution in [1.29, 1.82) is 0 Å². The lowest BCUT2D eigenvalue weighted by molar-refractivity contribution is -0.187. The van der Waals surface area contributed by atoms with Crippen molar-refractivity contribution in [3.63, 3.8) is 0 Å². The number of carbonyl (C=O) groups excluding carboxylic acids is 1. The fourth-order valence-corrected chi connectivity index (χ4v) is 4.22. The smallest absolute Gasteiger partial charge is 0.236 e. The summed E-state index contributed by atoms with van der Waals surface area (Å²) in [6.07, 6.45) is 7.99. The number of hydrogen-bond acceptors (Lipinski definition) is 4. The third-order valence-corrected chi connectivity index (χ3v) is 5.64. The second-order valence-corrected chi connectivity index (χ2v) is 7.00. The average molecular weight is 310 g/mol. The SMILES string of the molecule is CO[C@H]1CCCOC12CCN(CC(=O)N1CCCCC1)CC2. The molecule has 0 N–H and O–H groups in total. The first-order valence-electron chi connectivity index (χ1n) is 8.90. The van der Waals surface area contributed by atoms with Gasteiger partial charge in [-0.05, 0) is 44.9 Å². The Hall–Kier alpha value is -0.650. The highest BCUT2D eigenvalue weighted by molar-refractivity contribution is 5.78. The first-order chi connectivity index (χ1) is 10.7. The molecule has 0 radical (unpaired) electrons. The van der Waals surface area contributed by atoms with Crippen molar-refractivity contribution in [2.24, 2.45) is 0 Å². The van der Waals surface area contributed by atoms with Gasteiger partial charge in [-0.1, -0.05) is 0 Å². The molecule has 3 aliphatic rings. The monoisotopic (exact) mass is 310 g/mol. The number of nitrogens with zero attached hydrogens (tertiary/aromatic N) is 2. The van der Waals surface area contributed by atoms with E-state index >= 15 is 0 Å². The second kappa shape index (κ2) is 7.28. The van der Waals surface area contributed by atoms with Gasteiger partial charge in [0.25, 0.3) is 0 Å². The molecule has 126 valence electrons. The summed E-state index contributed by atoms with van der Waals surface area (Å²) in [4.78, 5) is 16.7. The molecule has 0 aromatic rings. The number of ether oxygens (including phenoxy) is 2. The molecular formula is C17H30N2O3. The van der Waals surface area contributed by atoms with Crippen LogP contribution >= 0.6 is 0 Å². The zero-order valence-corrected chi connectivity index (χ0v) is 13.9. The molecule has 5 heteroatoms. The van der Waals surface area contributed by atoms with Crippen LogP contribution in [0.25, 0.3) is 0 Å². The Morgan fingerprint density at radius 1 is 1.14 bits per heavy atom. The molecule has 3 heterocycles. The fraction of sp³-hybridized carbons (Fsp3) is 0.941. The standard InChI is InChI=1S/C17H30N2O3/c1-21-15-6-5-13-22-17(15)7-11-18(12-8-17)14-16(20)19-9-3-2-4-10-19/h15H,2-14H2,1H3/t15-/m0/s1. The van der Waals surface area contributed by atoms with E-state index in [2.05, 4.69) is 4.90 Å². The molecule has 0 bridgehead atoms. The summed E-state index contributed by atoms with van der Waals surface area (Å²) in [5, 5.41) is 0. The fourth-order valence-electron chi connectivity index (χ4n) is 4.22. The van der Waals surface area contributed by atoms with E-state index in [1.807, 2.05) is 4.90 Å². The molecule has 3 aliphatic heterocycles. The van der Waals surface area contributed by atoms with E-state index in [0.29, 0.717) is 12.5 Å². The van der Waals surface area contributed by atoms with Gasteiger partial charge in [0.1, 0.15) is 0 Å². The minimum absolute atomic E-state index is 0.0995. The van der Waals surface area contributed by atoms with Gasteiger partial charge in [-0.2, -0.15) is 0 Å². The summed E-state index contributed by atoms with van der Waals surface area (Å²) >= 11 is 0. The van der Waals surface area contributed by atoms with Crippen LogP contribution in [0.3, 0.4) is 0 Å². The van der Waals surface area contributed by atoms with E-state index in [1.54, 1.807) is 7.11 Å². The summed E-state index contributed by atoms with van der Waals surface area (Å²) < 4.78 is 11.8. The van der Waals surface area contributed by atoms with Crippen LogP contribution < -0.4 is 0 Å². The van der Waals surface area contributed by atoms with Crippen LogP contribution in [0.2, 0.25) is 0 Å². The third-order valence-electron chi connectivity index (χ3n) is 5.64. The molecule has 5 nitrogen and oxygen atoms in total. The number of amides is 1. The molecule has 1 atom stereocenters. The van der Waals surface area contributed by atoms with E-state index in [-0.39, 0.29) is 11.7 Å². The largest absolute Gasteiger partial charge is 0.378 e. The van der Waals surface area contributed by atoms with E-state index < -0.39 is 0 Å². The summed E-state index contributed by atoms with van der Waals surface area (Å²) in [7, 11) is 1.80. The predicted octanol–water partition coefficient (Wildman–Crippen LogP) is 1.66. The van der Waals surface area contributed by atoms with E-state index in [4.69, 9.17) is 9.47 Å². The lowest BCUT2D eigenvalue weighted by Crippen LogP contribution is -2.57. The van der Waals surface area contributed by atoms with Crippen molar-refractivity contribution in [3.05, 3.63) is 0 Å². The molecule has 3 fully saturated rings. The van der Waals surface area contributed by atoms with Gasteiger partial charge in [-0.15, -0.1) is 0 Å². The van der Waals surface area contributed by atoms with Crippen molar-refractivity contribution < 1.29 is 14.3 Å². The van der Waals surface area contributed by atoms with Crippen LogP contribution in [0.1, 0.15) is 44.9 Å². The number of piperidine rings is 2. The van der Waals surface area contributed by atoms with Crippen molar-refractivity contribution >= 4 is 5.91 Å². The summed E-state index contributed by atoms with van der Waals surface area (Å²) in [6, 6.07) is 0. The molecule has 0 aromatic carbocycles. The highest BCUT2D eigenvalue weighted by atomic mass is 16.5. The second-order valence-electron chi connectivity index (χ2n) is 7.00. The van der Waals surface area contributed by atoms with E-state index in [0.717, 1.165) is 71.3 Å². The van der Waals surface area contributed by atoms with Crippen molar-refractivity contribution in [1.82, 2.24) is 9.80 Å². The molecule has 3 rings (SSSR count). The quantitative estimate of drug-likeness (QED) is 0.795. The Labute approximate surface area is 133 Å². The number of hydrogen-bond donors (Lipinski definition) is 0. The number of carbonyl (C=O) groups is 1. The molecule has 3 saturated heterocycles. The Morgan fingerprint density at radius 3 is 2.55 bits per heavy atom. The summed E-state index contributed by atoms with van der Waals surface area (Å²) in [5.74, 6) is 0.309. The average Bonchev–Trinajstić information content (AvgIpc) is 2.58. The zero-order chi connectivity index (χ0) is 15.4. The van der Waals surface area contributed by atoms with Crippen molar-refractivity contribution in [2.75, 3.05) is 46.4 Å². The highest BCUT2D eigenvalue weighted by Crippen LogP contribution is 2.36. The Balaban J connectivity index is 1.49. The molecular weight excluding hydrogens is 280 g/mol. The van der Waals surface area contributed by atoms with Gasteiger partial charge < -0.3 is 14.4 Å². The van der Waals surface area contributed by atoms with Crippen LogP contribution in [-0.2, 0) is 14.3 Å². The Morgan fingerprint density at radius 2 is 1.86 bits per heavy atom. The normalized spacial score (nSPS) is 29.7. The summed E-state index contributed by atoms with van der Waals surface area (Å²) in [5.41, 5.74) is -0.0995. The van der Waals surface area contributed by atoms with Crippen LogP contribution in [-0.4, -0.2) is 73.9 Å². The summed E-state index contributed by atoms with van der Waals surface area (Å²) in [6.45, 7) is 5.22. The van der Waals surface area contributed by atoms with Gasteiger partial charge in [-0.3, -0.25) is 9.69 Å². The maximum atomic E-state index is 12.4. The number of methoxy groups -OCH3 is 1. The first kappa shape index (κ1) is 16.2. The molecule has 0 aromatic heterocycles. The molecule has 22 heavy (non-hydrogen) atoms. The van der Waals surface area contributed by atoms with Crippen molar-refractivity contribution in [2.45, 2.75) is 56.7 Å². The Kier molecular flexibility index (Phi) is 5.37. The third kappa shape index (κ3) is 3.47. The molecule has 0 aliphatic carbocycles. The van der Waals surface area contributed by atoms with E-state index in [1.165, 1.54) is 6.42 Å². The highest BCUT2D eigenvalue weighted by Gasteiger charge is 2.44. The lowest BCUT2D eigenvalue weighted by atomic mass is 9.82. The van der Waals surface area contributed by atoms with Crippen LogP contribution in [0.5, 0.6) is 0 Å². The maximum absolute atomic E-state index is 12.4. The van der Waals surface area contributed by atoms with Crippen LogP contribution in [0.15, 0.2) is 0 Å². The molecule has 0 saturated carbocycles. The van der Waals surface area contributed by atoms with Crippen LogP contribution in [0, 0.1) is 0 Å². The zero-order valence-electron chi connectivity index (χ0n) is 13.9. The minimum Gasteiger partial charge on any atom is -0.378 e. The van der Waals surface area contributed by atoms with Gasteiger partial charge >= 0.3 is 0 Å². The first-order valence-corrected chi connectivity index (χ1v) is 8.90. The van der Waals surface area contributed by atoms with E-state index in [9.17, 15) is 4.79 Å². The molecule has 0 unspecified atom stereocenters. The van der Waals surface area contributed by atoms with Gasteiger partial charge in [0.2, 0.25) is 5.91 Å². The topological polar surface area (TPSA) is 42.0 Å². The van der Waals surface area contributed by atoms with Gasteiger partial charge in [0, 0.05) is 39.9 Å². The number of likely N-dealkylation sites (tertiary alicyclic amines) is 2. The molecule has 1 spiro atoms. The van der Waals surface area contributed by atoms with Gasteiger partial charge in [0.05, 0.1) is 18.2 Å². The maximum Gasteiger partial charge on any atom is 0.236 e.